The van der Waals surface area contributed by atoms with Gasteiger partial charge in [0, 0.05) is 24.4 Å². The van der Waals surface area contributed by atoms with E-state index >= 15 is 0 Å². The van der Waals surface area contributed by atoms with E-state index in [-0.39, 0.29) is 33.8 Å². The van der Waals surface area contributed by atoms with Crippen LogP contribution in [-0.4, -0.2) is 33.6 Å². The highest BCUT2D eigenvalue weighted by atomic mass is 35.5. The van der Waals surface area contributed by atoms with E-state index in [4.69, 9.17) is 16.3 Å². The summed E-state index contributed by atoms with van der Waals surface area (Å²) in [5.74, 6) is -0.776. The van der Waals surface area contributed by atoms with Crippen LogP contribution in [0.1, 0.15) is 28.8 Å². The zero-order valence-corrected chi connectivity index (χ0v) is 17.1. The molecule has 0 aromatic heterocycles. The van der Waals surface area contributed by atoms with Crippen molar-refractivity contribution in [2.75, 3.05) is 18.5 Å². The molecule has 0 radical (unpaired) electrons. The van der Waals surface area contributed by atoms with Gasteiger partial charge in [0.25, 0.3) is 5.91 Å². The third-order valence-corrected chi connectivity index (χ3v) is 6.36. The maximum absolute atomic E-state index is 12.8. The monoisotopic (exact) mass is 462 g/mol. The van der Waals surface area contributed by atoms with Crippen LogP contribution in [-0.2, 0) is 20.9 Å². The first-order valence-corrected chi connectivity index (χ1v) is 10.8. The molecule has 30 heavy (non-hydrogen) atoms. The summed E-state index contributed by atoms with van der Waals surface area (Å²) < 4.78 is 71.5. The molecule has 1 heterocycles. The highest BCUT2D eigenvalue weighted by Gasteiger charge is 2.30. The van der Waals surface area contributed by atoms with Gasteiger partial charge in [-0.25, -0.2) is 13.1 Å². The number of hydrogen-bond donors (Lipinski definition) is 2. The van der Waals surface area contributed by atoms with Crippen molar-refractivity contribution >= 4 is 33.2 Å². The van der Waals surface area contributed by atoms with Gasteiger partial charge in [0.2, 0.25) is 10.0 Å². The molecule has 0 bridgehead atoms. The molecule has 1 atom stereocenters. The number of carbonyl (C=O) groups is 1. The van der Waals surface area contributed by atoms with Crippen molar-refractivity contribution in [1.82, 2.24) is 4.72 Å². The first-order chi connectivity index (χ1) is 14.1. The number of anilines is 1. The number of benzene rings is 2. The van der Waals surface area contributed by atoms with Crippen LogP contribution in [0.3, 0.4) is 0 Å². The molecule has 2 aromatic rings. The molecule has 3 rings (SSSR count). The molecule has 2 N–H and O–H groups in total. The standard InChI is InChI=1S/C19H18ClF3N2O4S/c20-16-7-6-12(9-17(16)30(27,28)24-11-15-5-2-8-29-15)18(26)25-14-4-1-3-13(10-14)19(21,22)23/h1,3-4,6-7,9-10,15,24H,2,5,8,11H2,(H,25,26). The summed E-state index contributed by atoms with van der Waals surface area (Å²) >= 11 is 6.00. The Morgan fingerprint density at radius 2 is 1.97 bits per heavy atom. The molecule has 1 amide bonds. The smallest absolute Gasteiger partial charge is 0.377 e. The maximum atomic E-state index is 12.8. The van der Waals surface area contributed by atoms with E-state index in [1.807, 2.05) is 0 Å². The van der Waals surface area contributed by atoms with Crippen LogP contribution >= 0.6 is 11.6 Å². The minimum atomic E-state index is -4.56. The Kier molecular flexibility index (Phi) is 6.71. The van der Waals surface area contributed by atoms with Gasteiger partial charge in [-0.1, -0.05) is 17.7 Å². The molecule has 1 fully saturated rings. The van der Waals surface area contributed by atoms with Crippen LogP contribution in [0.4, 0.5) is 18.9 Å². The zero-order chi connectivity index (χ0) is 21.9. The highest BCUT2D eigenvalue weighted by molar-refractivity contribution is 7.89. The molecule has 2 aromatic carbocycles. The highest BCUT2D eigenvalue weighted by Crippen LogP contribution is 2.31. The normalized spacial score (nSPS) is 17.1. The quantitative estimate of drug-likeness (QED) is 0.677. The lowest BCUT2D eigenvalue weighted by molar-refractivity contribution is -0.137. The van der Waals surface area contributed by atoms with Crippen LogP contribution in [0.15, 0.2) is 47.4 Å². The Labute approximate surface area is 176 Å². The van der Waals surface area contributed by atoms with Gasteiger partial charge >= 0.3 is 6.18 Å². The van der Waals surface area contributed by atoms with Crippen LogP contribution in [0, 0.1) is 0 Å². The van der Waals surface area contributed by atoms with Crippen LogP contribution in [0.25, 0.3) is 0 Å². The van der Waals surface area contributed by atoms with Gasteiger partial charge in [0.15, 0.2) is 0 Å². The number of sulfonamides is 1. The topological polar surface area (TPSA) is 84.5 Å². The molecule has 0 aliphatic carbocycles. The summed E-state index contributed by atoms with van der Waals surface area (Å²) in [6.45, 7) is 0.637. The van der Waals surface area contributed by atoms with E-state index in [0.717, 1.165) is 37.1 Å². The molecule has 0 spiro atoms. The molecule has 1 saturated heterocycles. The average Bonchev–Trinajstić information content (AvgIpc) is 3.20. The van der Waals surface area contributed by atoms with Crippen molar-refractivity contribution in [2.45, 2.75) is 30.0 Å². The molecule has 1 aliphatic rings. The van der Waals surface area contributed by atoms with E-state index < -0.39 is 27.7 Å². The summed E-state index contributed by atoms with van der Waals surface area (Å²) in [6, 6.07) is 7.71. The Balaban J connectivity index is 1.78. The summed E-state index contributed by atoms with van der Waals surface area (Å²) in [5.41, 5.74) is -1.07. The third kappa shape index (κ3) is 5.51. The number of alkyl halides is 3. The van der Waals surface area contributed by atoms with Gasteiger partial charge < -0.3 is 10.1 Å². The predicted molar refractivity (Wildman–Crippen MR) is 105 cm³/mol. The second kappa shape index (κ2) is 8.93. The van der Waals surface area contributed by atoms with Crippen LogP contribution < -0.4 is 10.0 Å². The molecular formula is C19H18ClF3N2O4S. The fourth-order valence-electron chi connectivity index (χ4n) is 2.91. The van der Waals surface area contributed by atoms with Gasteiger partial charge in [-0.2, -0.15) is 13.2 Å². The third-order valence-electron chi connectivity index (χ3n) is 4.46. The SMILES string of the molecule is O=C(Nc1cccc(C(F)(F)F)c1)c1ccc(Cl)c(S(=O)(=O)NCC2CCCO2)c1. The largest absolute Gasteiger partial charge is 0.416 e. The van der Waals surface area contributed by atoms with Gasteiger partial charge in [0.1, 0.15) is 4.90 Å². The van der Waals surface area contributed by atoms with Gasteiger partial charge in [-0.3, -0.25) is 4.79 Å². The average molecular weight is 463 g/mol. The molecule has 0 saturated carbocycles. The molecule has 1 unspecified atom stereocenters. The Hall–Kier alpha value is -2.14. The molecule has 162 valence electrons. The van der Waals surface area contributed by atoms with E-state index in [2.05, 4.69) is 10.0 Å². The van der Waals surface area contributed by atoms with Crippen molar-refractivity contribution in [1.29, 1.82) is 0 Å². The summed E-state index contributed by atoms with van der Waals surface area (Å²) in [7, 11) is -4.02. The minimum absolute atomic E-state index is 0.0688. The second-order valence-electron chi connectivity index (χ2n) is 6.66. The fourth-order valence-corrected chi connectivity index (χ4v) is 4.50. The van der Waals surface area contributed by atoms with E-state index in [0.29, 0.717) is 6.61 Å². The predicted octanol–water partition coefficient (Wildman–Crippen LogP) is 4.07. The van der Waals surface area contributed by atoms with E-state index in [1.54, 1.807) is 0 Å². The number of ether oxygens (including phenoxy) is 1. The van der Waals surface area contributed by atoms with Gasteiger partial charge in [-0.05, 0) is 49.2 Å². The first kappa shape index (κ1) is 22.5. The number of rotatable bonds is 6. The molecular weight excluding hydrogens is 445 g/mol. The number of amides is 1. The van der Waals surface area contributed by atoms with E-state index in [1.165, 1.54) is 18.2 Å². The fraction of sp³-hybridized carbons (Fsp3) is 0.316. The second-order valence-corrected chi connectivity index (χ2v) is 8.81. The first-order valence-electron chi connectivity index (χ1n) is 8.96. The van der Waals surface area contributed by atoms with Crippen molar-refractivity contribution in [3.63, 3.8) is 0 Å². The van der Waals surface area contributed by atoms with Crippen LogP contribution in [0.2, 0.25) is 5.02 Å². The van der Waals surface area contributed by atoms with Crippen molar-refractivity contribution in [2.24, 2.45) is 0 Å². The Morgan fingerprint density at radius 3 is 2.63 bits per heavy atom. The van der Waals surface area contributed by atoms with Gasteiger partial charge in [-0.15, -0.1) is 0 Å². The minimum Gasteiger partial charge on any atom is -0.377 e. The van der Waals surface area contributed by atoms with E-state index in [9.17, 15) is 26.4 Å². The lowest BCUT2D eigenvalue weighted by atomic mass is 10.1. The van der Waals surface area contributed by atoms with Crippen LogP contribution in [0.5, 0.6) is 0 Å². The van der Waals surface area contributed by atoms with Gasteiger partial charge in [0.05, 0.1) is 16.7 Å². The molecule has 1 aliphatic heterocycles. The van der Waals surface area contributed by atoms with Crippen molar-refractivity contribution < 1.29 is 31.1 Å². The molecule has 11 heteroatoms. The number of halogens is 4. The number of nitrogens with one attached hydrogen (secondary N) is 2. The number of hydrogen-bond acceptors (Lipinski definition) is 4. The zero-order valence-electron chi connectivity index (χ0n) is 15.5. The number of carbonyl (C=O) groups excluding carboxylic acids is 1. The lowest BCUT2D eigenvalue weighted by Crippen LogP contribution is -2.32. The molecule has 6 nitrogen and oxygen atoms in total. The van der Waals surface area contributed by atoms with Crippen molar-refractivity contribution in [3.05, 3.63) is 58.6 Å². The Morgan fingerprint density at radius 1 is 1.20 bits per heavy atom. The van der Waals surface area contributed by atoms with Crippen molar-refractivity contribution in [3.8, 4) is 0 Å². The summed E-state index contributed by atoms with van der Waals surface area (Å²) in [5, 5.41) is 2.24. The Bertz CT molecular complexity index is 1040. The lowest BCUT2D eigenvalue weighted by Gasteiger charge is -2.13. The maximum Gasteiger partial charge on any atom is 0.416 e. The summed E-state index contributed by atoms with van der Waals surface area (Å²) in [6.07, 6.45) is -3.21. The summed E-state index contributed by atoms with van der Waals surface area (Å²) in [4.78, 5) is 12.2.